The molecule has 380 valence electrons. The van der Waals surface area contributed by atoms with Crippen molar-refractivity contribution in [3.05, 3.63) is 142 Å². The summed E-state index contributed by atoms with van der Waals surface area (Å²) in [5.41, 5.74) is 2.23. The standard InChI is InChI=1S/C54H70N7O9P/c1-35(2)32-55-53-57-50-49(51(62)58-53)56-34-60(50)48-31-46(70-71(61(37(5)6)38(7)8)68-30-29-59(36(3)4)52(63)39-17-23-43(64-9)24-18-39)47(69-48)33-67-54(40-15-13-12-14-16-40,41-19-25-44(65-10)26-20-41)42-21-27-45(66-11)28-22-42/h12-28,34-38,46-48H,29-33H2,1-11H3,(H2,55,57,58,62)/t46-,47+,48+,71?/m0/s1. The van der Waals surface area contributed by atoms with Gasteiger partial charge in [0.05, 0.1) is 47.0 Å². The number of nitrogens with zero attached hydrogens (tertiary/aromatic N) is 5. The van der Waals surface area contributed by atoms with Crippen LogP contribution in [0.2, 0.25) is 0 Å². The molecule has 1 saturated heterocycles. The molecule has 1 fully saturated rings. The van der Waals surface area contributed by atoms with Gasteiger partial charge in [-0.3, -0.25) is 19.1 Å². The number of hydrogen-bond acceptors (Lipinski definition) is 13. The van der Waals surface area contributed by atoms with Crippen LogP contribution >= 0.6 is 8.53 Å². The van der Waals surface area contributed by atoms with Gasteiger partial charge in [-0.2, -0.15) is 4.98 Å². The van der Waals surface area contributed by atoms with E-state index in [9.17, 15) is 9.59 Å². The quantitative estimate of drug-likeness (QED) is 0.0436. The number of fused-ring (bicyclic) bond motifs is 1. The Morgan fingerprint density at radius 1 is 0.803 bits per heavy atom. The fourth-order valence-electron chi connectivity index (χ4n) is 8.89. The van der Waals surface area contributed by atoms with Crippen molar-refractivity contribution in [2.24, 2.45) is 5.92 Å². The Hall–Kier alpha value is -5.87. The molecule has 1 unspecified atom stereocenters. The average Bonchev–Trinajstić information content (AvgIpc) is 3.99. The number of ether oxygens (including phenoxy) is 5. The number of anilines is 1. The minimum Gasteiger partial charge on any atom is -0.497 e. The molecule has 71 heavy (non-hydrogen) atoms. The smallest absolute Gasteiger partial charge is 0.280 e. The Morgan fingerprint density at radius 2 is 1.37 bits per heavy atom. The van der Waals surface area contributed by atoms with Crippen LogP contribution in [0.4, 0.5) is 5.95 Å². The van der Waals surface area contributed by atoms with Crippen LogP contribution < -0.4 is 25.1 Å². The van der Waals surface area contributed by atoms with Gasteiger partial charge in [0.15, 0.2) is 11.2 Å². The third-order valence-electron chi connectivity index (χ3n) is 12.5. The maximum absolute atomic E-state index is 13.9. The van der Waals surface area contributed by atoms with Crippen LogP contribution in [-0.2, 0) is 24.1 Å². The molecule has 0 bridgehead atoms. The van der Waals surface area contributed by atoms with E-state index in [-0.39, 0.29) is 48.3 Å². The number of carbonyl (C=O) groups is 1. The number of nitrogens with one attached hydrogen (secondary N) is 2. The molecule has 0 spiro atoms. The van der Waals surface area contributed by atoms with E-state index in [4.69, 9.17) is 37.7 Å². The number of amides is 1. The van der Waals surface area contributed by atoms with Gasteiger partial charge in [0.1, 0.15) is 35.2 Å². The Morgan fingerprint density at radius 3 is 1.90 bits per heavy atom. The van der Waals surface area contributed by atoms with E-state index >= 15 is 0 Å². The molecule has 1 aliphatic rings. The molecule has 0 saturated carbocycles. The second-order valence-corrected chi connectivity index (χ2v) is 20.2. The highest BCUT2D eigenvalue weighted by molar-refractivity contribution is 7.44. The van der Waals surface area contributed by atoms with Crippen molar-refractivity contribution in [2.45, 2.75) is 104 Å². The highest BCUT2D eigenvalue weighted by Crippen LogP contribution is 2.51. The fraction of sp³-hybridized carbons (Fsp3) is 0.444. The van der Waals surface area contributed by atoms with Gasteiger partial charge in [-0.05, 0) is 113 Å². The van der Waals surface area contributed by atoms with Crippen LogP contribution in [0.3, 0.4) is 0 Å². The summed E-state index contributed by atoms with van der Waals surface area (Å²) in [5, 5.41) is 3.26. The SMILES string of the molecule is COc1ccc(C(=O)N(CCOP(O[C@H]2C[C@H](n3cnc4c(=O)[nH]c(NCC(C)C)nc43)O[C@@H]2COC(c2ccccc2)(c2ccc(OC)cc2)c2ccc(OC)cc2)N(C(C)C)C(C)C)C(C)C)cc1. The molecular formula is C54H70N7O9P. The van der Waals surface area contributed by atoms with E-state index in [0.29, 0.717) is 59.8 Å². The number of imidazole rings is 1. The number of carbonyl (C=O) groups excluding carboxylic acids is 1. The van der Waals surface area contributed by atoms with E-state index in [2.05, 4.69) is 73.6 Å². The van der Waals surface area contributed by atoms with Crippen LogP contribution in [-0.4, -0.2) is 113 Å². The third-order valence-corrected chi connectivity index (χ3v) is 14.6. The molecule has 7 rings (SSSR count). The third kappa shape index (κ3) is 12.3. The summed E-state index contributed by atoms with van der Waals surface area (Å²) in [5.74, 6) is 2.64. The zero-order chi connectivity index (χ0) is 50.8. The van der Waals surface area contributed by atoms with Crippen LogP contribution in [0, 0.1) is 5.92 Å². The Balaban J connectivity index is 1.27. The summed E-state index contributed by atoms with van der Waals surface area (Å²) in [7, 11) is 3.12. The largest absolute Gasteiger partial charge is 0.497 e. The van der Waals surface area contributed by atoms with Crippen LogP contribution in [0.15, 0.2) is 114 Å². The molecule has 6 aromatic rings. The first kappa shape index (κ1) is 52.9. The molecule has 16 nitrogen and oxygen atoms in total. The molecule has 4 aromatic carbocycles. The van der Waals surface area contributed by atoms with Gasteiger partial charge in [0.25, 0.3) is 20.0 Å². The lowest BCUT2D eigenvalue weighted by molar-refractivity contribution is -0.0912. The Kier molecular flexibility index (Phi) is 17.9. The van der Waals surface area contributed by atoms with Gasteiger partial charge in [0.2, 0.25) is 5.95 Å². The summed E-state index contributed by atoms with van der Waals surface area (Å²) in [6.07, 6.45) is -0.0169. The summed E-state index contributed by atoms with van der Waals surface area (Å²) in [4.78, 5) is 41.3. The molecule has 17 heteroatoms. The monoisotopic (exact) mass is 991 g/mol. The first-order valence-electron chi connectivity index (χ1n) is 24.3. The van der Waals surface area contributed by atoms with Gasteiger partial charge in [-0.15, -0.1) is 0 Å². The van der Waals surface area contributed by atoms with Crippen molar-refractivity contribution in [2.75, 3.05) is 52.9 Å². The second kappa shape index (κ2) is 24.0. The van der Waals surface area contributed by atoms with Crippen molar-refractivity contribution in [3.63, 3.8) is 0 Å². The lowest BCUT2D eigenvalue weighted by Crippen LogP contribution is -2.41. The molecule has 1 aliphatic heterocycles. The topological polar surface area (TPSA) is 164 Å². The molecule has 0 aliphatic carbocycles. The van der Waals surface area contributed by atoms with E-state index in [1.807, 2.05) is 80.6 Å². The van der Waals surface area contributed by atoms with Crippen molar-refractivity contribution in [3.8, 4) is 17.2 Å². The van der Waals surface area contributed by atoms with Crippen molar-refractivity contribution >= 4 is 31.5 Å². The number of benzene rings is 4. The molecule has 0 radical (unpaired) electrons. The summed E-state index contributed by atoms with van der Waals surface area (Å²) >= 11 is 0. The van der Waals surface area contributed by atoms with Gasteiger partial charge >= 0.3 is 0 Å². The van der Waals surface area contributed by atoms with Crippen molar-refractivity contribution < 1.29 is 37.5 Å². The van der Waals surface area contributed by atoms with Crippen LogP contribution in [0.5, 0.6) is 17.2 Å². The summed E-state index contributed by atoms with van der Waals surface area (Å²) < 4.78 is 49.3. The fourth-order valence-corrected chi connectivity index (χ4v) is 10.6. The zero-order valence-electron chi connectivity index (χ0n) is 42.8. The van der Waals surface area contributed by atoms with Crippen LogP contribution in [0.1, 0.15) is 95.1 Å². The van der Waals surface area contributed by atoms with Crippen LogP contribution in [0.25, 0.3) is 11.2 Å². The number of H-pyrrole nitrogens is 1. The number of methoxy groups -OCH3 is 3. The van der Waals surface area contributed by atoms with Gasteiger partial charge < -0.3 is 42.9 Å². The van der Waals surface area contributed by atoms with E-state index < -0.39 is 32.6 Å². The minimum absolute atomic E-state index is 0.0252. The van der Waals surface area contributed by atoms with Crippen molar-refractivity contribution in [1.29, 1.82) is 0 Å². The number of aromatic amines is 1. The highest BCUT2D eigenvalue weighted by Gasteiger charge is 2.45. The lowest BCUT2D eigenvalue weighted by atomic mass is 9.80. The Bertz CT molecular complexity index is 2620. The minimum atomic E-state index is -1.78. The average molecular weight is 992 g/mol. The van der Waals surface area contributed by atoms with E-state index in [1.165, 1.54) is 0 Å². The lowest BCUT2D eigenvalue weighted by Gasteiger charge is -2.39. The first-order valence-corrected chi connectivity index (χ1v) is 25.5. The molecule has 1 amide bonds. The predicted molar refractivity (Wildman–Crippen MR) is 277 cm³/mol. The van der Waals surface area contributed by atoms with E-state index in [0.717, 1.165) is 16.7 Å². The van der Waals surface area contributed by atoms with Crippen molar-refractivity contribution in [1.82, 2.24) is 29.1 Å². The van der Waals surface area contributed by atoms with Gasteiger partial charge in [-0.25, -0.2) is 9.65 Å². The highest BCUT2D eigenvalue weighted by atomic mass is 31.2. The maximum Gasteiger partial charge on any atom is 0.280 e. The zero-order valence-corrected chi connectivity index (χ0v) is 43.7. The molecular weight excluding hydrogens is 922 g/mol. The predicted octanol–water partition coefficient (Wildman–Crippen LogP) is 9.81. The molecule has 3 heterocycles. The molecule has 2 N–H and O–H groups in total. The van der Waals surface area contributed by atoms with Gasteiger partial charge in [-0.1, -0.05) is 68.4 Å². The normalized spacial score (nSPS) is 16.6. The Labute approximate surface area is 418 Å². The molecule has 2 aromatic heterocycles. The second-order valence-electron chi connectivity index (χ2n) is 18.8. The summed E-state index contributed by atoms with van der Waals surface area (Å²) in [6, 6.07) is 33.0. The number of aromatic nitrogens is 4. The first-order chi connectivity index (χ1) is 34.2. The van der Waals surface area contributed by atoms with Gasteiger partial charge in [0, 0.05) is 43.2 Å². The number of rotatable bonds is 24. The van der Waals surface area contributed by atoms with E-state index in [1.54, 1.807) is 61.4 Å². The molecule has 4 atom stereocenters. The summed E-state index contributed by atoms with van der Waals surface area (Å²) in [6.45, 7) is 17.8. The maximum atomic E-state index is 13.9. The number of hydrogen-bond donors (Lipinski definition) is 2.